The second-order valence-electron chi connectivity index (χ2n) is 6.64. The van der Waals surface area contributed by atoms with E-state index in [4.69, 9.17) is 4.99 Å². The first-order valence-electron chi connectivity index (χ1n) is 8.77. The number of nitrogens with one attached hydrogen (secondary N) is 2. The van der Waals surface area contributed by atoms with E-state index in [0.29, 0.717) is 6.54 Å². The number of aliphatic imine (C=N–C) groups is 1. The molecule has 2 aromatic rings. The Labute approximate surface area is 149 Å². The SMILES string of the molecule is CCNC(=NCC(C)(C)c1ccc(F)cc1)NCCCn1cccn1. The fourth-order valence-corrected chi connectivity index (χ4v) is 2.49. The summed E-state index contributed by atoms with van der Waals surface area (Å²) in [6.45, 7) is 9.40. The van der Waals surface area contributed by atoms with Gasteiger partial charge in [-0.3, -0.25) is 9.67 Å². The normalized spacial score (nSPS) is 12.2. The van der Waals surface area contributed by atoms with Crippen molar-refractivity contribution in [1.82, 2.24) is 20.4 Å². The number of rotatable bonds is 8. The molecule has 1 aromatic heterocycles. The van der Waals surface area contributed by atoms with Gasteiger partial charge in [0.25, 0.3) is 0 Å². The Kier molecular flexibility index (Phi) is 6.98. The van der Waals surface area contributed by atoms with Crippen LogP contribution in [0, 0.1) is 5.82 Å². The molecule has 1 heterocycles. The highest BCUT2D eigenvalue weighted by atomic mass is 19.1. The highest BCUT2D eigenvalue weighted by Crippen LogP contribution is 2.23. The molecular formula is C19H28FN5. The first-order chi connectivity index (χ1) is 12.0. The molecule has 0 saturated carbocycles. The number of aryl methyl sites for hydroxylation is 1. The standard InChI is InChI=1S/C19H28FN5/c1-4-21-18(22-11-5-13-25-14-6-12-24-25)23-15-19(2,3)16-7-9-17(20)10-8-16/h6-10,12,14H,4-5,11,13,15H2,1-3H3,(H2,21,22,23). The molecule has 0 aliphatic carbocycles. The molecule has 6 heteroatoms. The van der Waals surface area contributed by atoms with Gasteiger partial charge in [0, 0.05) is 37.4 Å². The van der Waals surface area contributed by atoms with Crippen LogP contribution in [0.25, 0.3) is 0 Å². The van der Waals surface area contributed by atoms with Crippen molar-refractivity contribution in [2.24, 2.45) is 4.99 Å². The average Bonchev–Trinajstić information content (AvgIpc) is 3.10. The van der Waals surface area contributed by atoms with Crippen molar-refractivity contribution in [2.75, 3.05) is 19.6 Å². The van der Waals surface area contributed by atoms with Crippen molar-refractivity contribution in [3.05, 3.63) is 54.1 Å². The molecule has 0 spiro atoms. The van der Waals surface area contributed by atoms with E-state index in [9.17, 15) is 4.39 Å². The summed E-state index contributed by atoms with van der Waals surface area (Å²) < 4.78 is 15.0. The van der Waals surface area contributed by atoms with Gasteiger partial charge in [-0.15, -0.1) is 0 Å². The first-order valence-corrected chi connectivity index (χ1v) is 8.77. The van der Waals surface area contributed by atoms with Crippen LogP contribution in [0.4, 0.5) is 4.39 Å². The van der Waals surface area contributed by atoms with E-state index in [1.54, 1.807) is 6.20 Å². The van der Waals surface area contributed by atoms with Crippen molar-refractivity contribution in [2.45, 2.75) is 39.2 Å². The van der Waals surface area contributed by atoms with Gasteiger partial charge in [0.05, 0.1) is 6.54 Å². The number of aromatic nitrogens is 2. The maximum Gasteiger partial charge on any atom is 0.191 e. The van der Waals surface area contributed by atoms with Crippen LogP contribution in [0.5, 0.6) is 0 Å². The van der Waals surface area contributed by atoms with E-state index in [-0.39, 0.29) is 11.2 Å². The Hall–Kier alpha value is -2.37. The zero-order valence-corrected chi connectivity index (χ0v) is 15.3. The van der Waals surface area contributed by atoms with Crippen molar-refractivity contribution in [1.29, 1.82) is 0 Å². The molecule has 0 aliphatic heterocycles. The van der Waals surface area contributed by atoms with Crippen molar-refractivity contribution in [3.8, 4) is 0 Å². The van der Waals surface area contributed by atoms with Gasteiger partial charge in [-0.05, 0) is 37.1 Å². The molecule has 136 valence electrons. The third-order valence-electron chi connectivity index (χ3n) is 4.02. The zero-order chi connectivity index (χ0) is 18.1. The van der Waals surface area contributed by atoms with Gasteiger partial charge in [-0.25, -0.2) is 4.39 Å². The van der Waals surface area contributed by atoms with Crippen LogP contribution < -0.4 is 10.6 Å². The third kappa shape index (κ3) is 6.21. The summed E-state index contributed by atoms with van der Waals surface area (Å²) in [5, 5.41) is 10.8. The molecule has 0 saturated heterocycles. The number of guanidine groups is 1. The van der Waals surface area contributed by atoms with Crippen molar-refractivity contribution in [3.63, 3.8) is 0 Å². The summed E-state index contributed by atoms with van der Waals surface area (Å²) in [6.07, 6.45) is 4.72. The van der Waals surface area contributed by atoms with Crippen LogP contribution in [0.1, 0.15) is 32.8 Å². The Morgan fingerprint density at radius 2 is 2.00 bits per heavy atom. The minimum atomic E-state index is -0.213. The fraction of sp³-hybridized carbons (Fsp3) is 0.474. The van der Waals surface area contributed by atoms with Crippen LogP contribution in [0.2, 0.25) is 0 Å². The first kappa shape index (κ1) is 19.0. The molecule has 0 unspecified atom stereocenters. The molecule has 0 fully saturated rings. The van der Waals surface area contributed by atoms with E-state index < -0.39 is 0 Å². The quantitative estimate of drug-likeness (QED) is 0.439. The zero-order valence-electron chi connectivity index (χ0n) is 15.3. The van der Waals surface area contributed by atoms with E-state index in [0.717, 1.165) is 37.6 Å². The van der Waals surface area contributed by atoms with Gasteiger partial charge in [-0.2, -0.15) is 5.10 Å². The predicted molar refractivity (Wildman–Crippen MR) is 100 cm³/mol. The fourth-order valence-electron chi connectivity index (χ4n) is 2.49. The van der Waals surface area contributed by atoms with E-state index in [1.165, 1.54) is 12.1 Å². The highest BCUT2D eigenvalue weighted by molar-refractivity contribution is 5.79. The number of nitrogens with zero attached hydrogens (tertiary/aromatic N) is 3. The lowest BCUT2D eigenvalue weighted by atomic mass is 9.85. The van der Waals surface area contributed by atoms with Crippen molar-refractivity contribution < 1.29 is 4.39 Å². The van der Waals surface area contributed by atoms with Gasteiger partial charge < -0.3 is 10.6 Å². The summed E-state index contributed by atoms with van der Waals surface area (Å²) in [7, 11) is 0. The summed E-state index contributed by atoms with van der Waals surface area (Å²) in [6, 6.07) is 8.58. The molecule has 0 bridgehead atoms. The molecule has 25 heavy (non-hydrogen) atoms. The number of benzene rings is 1. The maximum atomic E-state index is 13.1. The molecule has 2 N–H and O–H groups in total. The van der Waals surface area contributed by atoms with Crippen LogP contribution in [-0.4, -0.2) is 35.4 Å². The summed E-state index contributed by atoms with van der Waals surface area (Å²) in [5.74, 6) is 0.591. The Balaban J connectivity index is 1.87. The van der Waals surface area contributed by atoms with Crippen LogP contribution >= 0.6 is 0 Å². The van der Waals surface area contributed by atoms with Gasteiger partial charge in [0.1, 0.15) is 5.82 Å². The van der Waals surface area contributed by atoms with E-state index >= 15 is 0 Å². The molecular weight excluding hydrogens is 317 g/mol. The molecule has 5 nitrogen and oxygen atoms in total. The average molecular weight is 345 g/mol. The topological polar surface area (TPSA) is 54.2 Å². The number of halogens is 1. The van der Waals surface area contributed by atoms with Crippen LogP contribution in [0.15, 0.2) is 47.7 Å². The highest BCUT2D eigenvalue weighted by Gasteiger charge is 2.20. The third-order valence-corrected chi connectivity index (χ3v) is 4.02. The number of hydrogen-bond donors (Lipinski definition) is 2. The van der Waals surface area contributed by atoms with E-state index in [1.807, 2.05) is 36.0 Å². The minimum Gasteiger partial charge on any atom is -0.357 e. The van der Waals surface area contributed by atoms with Gasteiger partial charge in [0.15, 0.2) is 5.96 Å². The maximum absolute atomic E-state index is 13.1. The smallest absolute Gasteiger partial charge is 0.191 e. The molecule has 0 aliphatic rings. The lowest BCUT2D eigenvalue weighted by Crippen LogP contribution is -2.39. The summed E-state index contributed by atoms with van der Waals surface area (Å²) in [5.41, 5.74) is 0.914. The van der Waals surface area contributed by atoms with Crippen molar-refractivity contribution >= 4 is 5.96 Å². The predicted octanol–water partition coefficient (Wildman–Crippen LogP) is 2.95. The molecule has 0 radical (unpaired) electrons. The minimum absolute atomic E-state index is 0.162. The lowest BCUT2D eigenvalue weighted by molar-refractivity contribution is 0.532. The molecule has 2 rings (SSSR count). The summed E-state index contributed by atoms with van der Waals surface area (Å²) in [4.78, 5) is 4.70. The van der Waals surface area contributed by atoms with Gasteiger partial charge in [0.2, 0.25) is 0 Å². The number of hydrogen-bond acceptors (Lipinski definition) is 2. The molecule has 0 atom stereocenters. The molecule has 1 aromatic carbocycles. The Morgan fingerprint density at radius 1 is 1.24 bits per heavy atom. The Bertz CT molecular complexity index is 647. The van der Waals surface area contributed by atoms with E-state index in [2.05, 4.69) is 29.6 Å². The molecule has 0 amide bonds. The largest absolute Gasteiger partial charge is 0.357 e. The second-order valence-corrected chi connectivity index (χ2v) is 6.64. The summed E-state index contributed by atoms with van der Waals surface area (Å²) >= 11 is 0. The monoisotopic (exact) mass is 345 g/mol. The van der Waals surface area contributed by atoms with Gasteiger partial charge in [-0.1, -0.05) is 26.0 Å². The van der Waals surface area contributed by atoms with Crippen LogP contribution in [-0.2, 0) is 12.0 Å². The van der Waals surface area contributed by atoms with Gasteiger partial charge >= 0.3 is 0 Å². The Morgan fingerprint density at radius 3 is 2.64 bits per heavy atom. The van der Waals surface area contributed by atoms with Crippen LogP contribution in [0.3, 0.4) is 0 Å². The lowest BCUT2D eigenvalue weighted by Gasteiger charge is -2.24. The second kappa shape index (κ2) is 9.20.